The Morgan fingerprint density at radius 3 is 2.22 bits per heavy atom. The predicted molar refractivity (Wildman–Crippen MR) is 107 cm³/mol. The van der Waals surface area contributed by atoms with Crippen LogP contribution in [-0.2, 0) is 14.8 Å². The molecular formula is C18H27N3O4S2. The molecule has 0 N–H and O–H groups in total. The predicted octanol–water partition coefficient (Wildman–Crippen LogP) is 3.20. The summed E-state index contributed by atoms with van der Waals surface area (Å²) in [5.41, 5.74) is 0.934. The Morgan fingerprint density at radius 1 is 1.11 bits per heavy atom. The summed E-state index contributed by atoms with van der Waals surface area (Å²) in [7, 11) is -0.585. The first-order chi connectivity index (χ1) is 12.4. The highest BCUT2D eigenvalue weighted by molar-refractivity contribution is 8.00. The number of fused-ring (bicyclic) bond motifs is 1. The summed E-state index contributed by atoms with van der Waals surface area (Å²) in [5, 5.41) is -0.0226. The molecule has 1 heterocycles. The Bertz CT molecular complexity index is 912. The molecule has 0 bridgehead atoms. The molecular weight excluding hydrogens is 386 g/mol. The maximum atomic E-state index is 12.8. The number of rotatable bonds is 7. The second-order valence-corrected chi connectivity index (χ2v) is 10.5. The average molecular weight is 414 g/mol. The molecule has 0 aliphatic rings. The molecule has 1 atom stereocenters. The number of sulfonamides is 1. The zero-order valence-electron chi connectivity index (χ0n) is 16.8. The van der Waals surface area contributed by atoms with E-state index in [-0.39, 0.29) is 28.1 Å². The van der Waals surface area contributed by atoms with Crippen LogP contribution in [0.15, 0.2) is 32.7 Å². The van der Waals surface area contributed by atoms with Gasteiger partial charge in [0.05, 0.1) is 10.1 Å². The third-order valence-electron chi connectivity index (χ3n) is 4.11. The number of amides is 1. The maximum Gasteiger partial charge on any atom is 0.257 e. The van der Waals surface area contributed by atoms with E-state index in [0.717, 1.165) is 4.31 Å². The molecule has 150 valence electrons. The smallest absolute Gasteiger partial charge is 0.257 e. The SMILES string of the molecule is CC(Sc1nc2cc(S(=O)(=O)N(C)C)ccc2o1)C(=O)N(C(C)C)C(C)C. The molecule has 1 unspecified atom stereocenters. The van der Waals surface area contributed by atoms with E-state index >= 15 is 0 Å². The van der Waals surface area contributed by atoms with Crippen molar-refractivity contribution in [3.05, 3.63) is 18.2 Å². The van der Waals surface area contributed by atoms with Gasteiger partial charge in [0.2, 0.25) is 15.9 Å². The Kier molecular flexibility index (Phi) is 6.59. The van der Waals surface area contributed by atoms with E-state index in [1.165, 1.54) is 38.0 Å². The standard InChI is InChI=1S/C18H27N3O4S2/c1-11(2)21(12(3)4)17(22)13(5)26-18-19-15-10-14(8-9-16(15)25-18)27(23,24)20(6)7/h8-13H,1-7H3. The molecule has 0 saturated carbocycles. The molecule has 27 heavy (non-hydrogen) atoms. The molecule has 0 fully saturated rings. The first kappa shape index (κ1) is 21.7. The van der Waals surface area contributed by atoms with Crippen molar-refractivity contribution in [2.45, 2.75) is 62.1 Å². The second kappa shape index (κ2) is 8.20. The van der Waals surface area contributed by atoms with Crippen molar-refractivity contribution < 1.29 is 17.6 Å². The quantitative estimate of drug-likeness (QED) is 0.648. The van der Waals surface area contributed by atoms with E-state index in [1.54, 1.807) is 6.07 Å². The second-order valence-electron chi connectivity index (χ2n) is 7.09. The highest BCUT2D eigenvalue weighted by atomic mass is 32.2. The van der Waals surface area contributed by atoms with Crippen molar-refractivity contribution >= 4 is 38.8 Å². The summed E-state index contributed by atoms with van der Waals surface area (Å²) < 4.78 is 31.4. The Morgan fingerprint density at radius 2 is 1.70 bits per heavy atom. The van der Waals surface area contributed by atoms with Crippen LogP contribution in [-0.4, -0.2) is 59.9 Å². The van der Waals surface area contributed by atoms with Crippen molar-refractivity contribution in [1.82, 2.24) is 14.2 Å². The molecule has 0 saturated heterocycles. The van der Waals surface area contributed by atoms with Gasteiger partial charge >= 0.3 is 0 Å². The molecule has 2 rings (SSSR count). The van der Waals surface area contributed by atoms with Gasteiger partial charge in [0.1, 0.15) is 5.52 Å². The van der Waals surface area contributed by atoms with Gasteiger partial charge in [-0.05, 0) is 52.8 Å². The number of carbonyl (C=O) groups excluding carboxylic acids is 1. The lowest BCUT2D eigenvalue weighted by molar-refractivity contribution is -0.133. The Labute approximate surface area is 165 Å². The van der Waals surface area contributed by atoms with E-state index in [1.807, 2.05) is 39.5 Å². The normalized spacial score (nSPS) is 13.7. The van der Waals surface area contributed by atoms with Gasteiger partial charge in [-0.2, -0.15) is 0 Å². The first-order valence-electron chi connectivity index (χ1n) is 8.77. The molecule has 0 radical (unpaired) electrons. The molecule has 1 amide bonds. The lowest BCUT2D eigenvalue weighted by Gasteiger charge is -2.32. The van der Waals surface area contributed by atoms with Crippen LogP contribution in [0.3, 0.4) is 0 Å². The molecule has 0 aliphatic heterocycles. The molecule has 7 nitrogen and oxygen atoms in total. The highest BCUT2D eigenvalue weighted by Gasteiger charge is 2.27. The summed E-state index contributed by atoms with van der Waals surface area (Å²) >= 11 is 1.23. The molecule has 0 aliphatic carbocycles. The number of aromatic nitrogens is 1. The number of nitrogens with zero attached hydrogens (tertiary/aromatic N) is 3. The fourth-order valence-corrected chi connectivity index (χ4v) is 4.56. The Balaban J connectivity index is 2.26. The van der Waals surface area contributed by atoms with Gasteiger partial charge in [0, 0.05) is 26.2 Å². The van der Waals surface area contributed by atoms with Gasteiger partial charge in [-0.3, -0.25) is 4.79 Å². The van der Waals surface area contributed by atoms with E-state index < -0.39 is 10.0 Å². The van der Waals surface area contributed by atoms with Gasteiger partial charge in [-0.1, -0.05) is 11.8 Å². The fraction of sp³-hybridized carbons (Fsp3) is 0.556. The minimum Gasteiger partial charge on any atom is -0.431 e. The largest absolute Gasteiger partial charge is 0.431 e. The molecule has 1 aromatic heterocycles. The van der Waals surface area contributed by atoms with Crippen molar-refractivity contribution in [3.8, 4) is 0 Å². The summed E-state index contributed by atoms with van der Waals surface area (Å²) in [6.45, 7) is 9.77. The number of thioether (sulfide) groups is 1. The monoisotopic (exact) mass is 413 g/mol. The van der Waals surface area contributed by atoms with Crippen molar-refractivity contribution in [3.63, 3.8) is 0 Å². The molecule has 0 spiro atoms. The van der Waals surface area contributed by atoms with Crippen molar-refractivity contribution in [2.75, 3.05) is 14.1 Å². The zero-order chi connectivity index (χ0) is 20.5. The van der Waals surface area contributed by atoms with Crippen LogP contribution in [0.4, 0.5) is 0 Å². The Hall–Kier alpha value is -1.58. The van der Waals surface area contributed by atoms with E-state index in [0.29, 0.717) is 16.3 Å². The number of benzene rings is 1. The highest BCUT2D eigenvalue weighted by Crippen LogP contribution is 2.29. The van der Waals surface area contributed by atoms with E-state index in [2.05, 4.69) is 4.98 Å². The summed E-state index contributed by atoms with van der Waals surface area (Å²) in [5.74, 6) is 0.0168. The van der Waals surface area contributed by atoms with Crippen molar-refractivity contribution in [1.29, 1.82) is 0 Å². The lowest BCUT2D eigenvalue weighted by atomic mass is 10.2. The van der Waals surface area contributed by atoms with Gasteiger partial charge < -0.3 is 9.32 Å². The van der Waals surface area contributed by atoms with Gasteiger partial charge in [-0.15, -0.1) is 0 Å². The van der Waals surface area contributed by atoms with Crippen LogP contribution in [0.1, 0.15) is 34.6 Å². The maximum absolute atomic E-state index is 12.8. The van der Waals surface area contributed by atoms with E-state index in [4.69, 9.17) is 4.42 Å². The molecule has 9 heteroatoms. The van der Waals surface area contributed by atoms with Crippen LogP contribution in [0, 0.1) is 0 Å². The van der Waals surface area contributed by atoms with Crippen LogP contribution < -0.4 is 0 Å². The molecule has 1 aromatic carbocycles. The minimum absolute atomic E-state index is 0.0168. The summed E-state index contributed by atoms with van der Waals surface area (Å²) in [6, 6.07) is 4.76. The number of hydrogen-bond donors (Lipinski definition) is 0. The minimum atomic E-state index is -3.54. The number of oxazole rings is 1. The summed E-state index contributed by atoms with van der Waals surface area (Å²) in [4.78, 5) is 19.1. The number of carbonyl (C=O) groups is 1. The van der Waals surface area contributed by atoms with Crippen molar-refractivity contribution in [2.24, 2.45) is 0 Å². The topological polar surface area (TPSA) is 83.7 Å². The average Bonchev–Trinajstić information content (AvgIpc) is 2.94. The van der Waals surface area contributed by atoms with Gasteiger partial charge in [0.15, 0.2) is 5.58 Å². The molecule has 2 aromatic rings. The third-order valence-corrected chi connectivity index (χ3v) is 6.85. The van der Waals surface area contributed by atoms with E-state index in [9.17, 15) is 13.2 Å². The lowest BCUT2D eigenvalue weighted by Crippen LogP contribution is -2.45. The fourth-order valence-electron chi connectivity index (χ4n) is 2.82. The number of hydrogen-bond acceptors (Lipinski definition) is 6. The van der Waals surface area contributed by atoms with Crippen LogP contribution in [0.25, 0.3) is 11.1 Å². The van der Waals surface area contributed by atoms with Crippen LogP contribution >= 0.6 is 11.8 Å². The van der Waals surface area contributed by atoms with Gasteiger partial charge in [0.25, 0.3) is 5.22 Å². The van der Waals surface area contributed by atoms with Crippen LogP contribution in [0.5, 0.6) is 0 Å². The third kappa shape index (κ3) is 4.64. The summed E-state index contributed by atoms with van der Waals surface area (Å²) in [6.07, 6.45) is 0. The zero-order valence-corrected chi connectivity index (χ0v) is 18.4. The first-order valence-corrected chi connectivity index (χ1v) is 11.1. The van der Waals surface area contributed by atoms with Crippen LogP contribution in [0.2, 0.25) is 0 Å². The van der Waals surface area contributed by atoms with Gasteiger partial charge in [-0.25, -0.2) is 17.7 Å².